The van der Waals surface area contributed by atoms with E-state index in [1.807, 2.05) is 0 Å². The molecule has 7 nitrogen and oxygen atoms in total. The maximum absolute atomic E-state index is 12.2. The molecule has 0 aliphatic heterocycles. The standard InChI is InChI=1S/C16H13F2N3O4/c1-10(11-4-3-7-14(9-11)25-16(17)18)19-20-15(22)12-5-2-6-13(8-12)21(23)24/h2-9,16H,1H3,(H,20,22)/b19-10-. The van der Waals surface area contributed by atoms with Crippen molar-refractivity contribution in [3.63, 3.8) is 0 Å². The predicted molar refractivity (Wildman–Crippen MR) is 85.8 cm³/mol. The van der Waals surface area contributed by atoms with Gasteiger partial charge in [-0.25, -0.2) is 5.43 Å². The van der Waals surface area contributed by atoms with E-state index in [2.05, 4.69) is 15.3 Å². The van der Waals surface area contributed by atoms with Crippen LogP contribution >= 0.6 is 0 Å². The van der Waals surface area contributed by atoms with Gasteiger partial charge in [0.2, 0.25) is 0 Å². The average molecular weight is 349 g/mol. The maximum Gasteiger partial charge on any atom is 0.387 e. The van der Waals surface area contributed by atoms with Crippen LogP contribution in [0.1, 0.15) is 22.8 Å². The highest BCUT2D eigenvalue weighted by Gasteiger charge is 2.11. The fourth-order valence-corrected chi connectivity index (χ4v) is 1.92. The number of halogens is 2. The predicted octanol–water partition coefficient (Wildman–Crippen LogP) is 3.35. The summed E-state index contributed by atoms with van der Waals surface area (Å²) in [5.41, 5.74) is 2.93. The Morgan fingerprint density at radius 2 is 1.88 bits per heavy atom. The minimum Gasteiger partial charge on any atom is -0.435 e. The second-order valence-corrected chi connectivity index (χ2v) is 4.85. The number of benzene rings is 2. The molecular weight excluding hydrogens is 336 g/mol. The Morgan fingerprint density at radius 1 is 1.20 bits per heavy atom. The third-order valence-corrected chi connectivity index (χ3v) is 3.12. The van der Waals surface area contributed by atoms with E-state index in [4.69, 9.17) is 0 Å². The first-order valence-electron chi connectivity index (χ1n) is 7.01. The van der Waals surface area contributed by atoms with Gasteiger partial charge in [-0.1, -0.05) is 18.2 Å². The van der Waals surface area contributed by atoms with Crippen LogP contribution in [-0.2, 0) is 0 Å². The molecule has 0 saturated carbocycles. The Morgan fingerprint density at radius 3 is 2.56 bits per heavy atom. The lowest BCUT2D eigenvalue weighted by atomic mass is 10.1. The van der Waals surface area contributed by atoms with Gasteiger partial charge in [0.1, 0.15) is 5.75 Å². The number of amides is 1. The Bertz CT molecular complexity index is 825. The highest BCUT2D eigenvalue weighted by atomic mass is 19.3. The minimum atomic E-state index is -2.94. The van der Waals surface area contributed by atoms with E-state index in [-0.39, 0.29) is 17.0 Å². The number of hydrazone groups is 1. The topological polar surface area (TPSA) is 93.8 Å². The summed E-state index contributed by atoms with van der Waals surface area (Å²) in [6.07, 6.45) is 0. The number of nitro benzene ring substituents is 1. The number of carbonyl (C=O) groups is 1. The molecule has 0 radical (unpaired) electrons. The molecule has 2 rings (SSSR count). The number of alkyl halides is 2. The van der Waals surface area contributed by atoms with Gasteiger partial charge in [-0.3, -0.25) is 14.9 Å². The van der Waals surface area contributed by atoms with Crippen LogP contribution in [0.25, 0.3) is 0 Å². The van der Waals surface area contributed by atoms with Crippen LogP contribution in [0.3, 0.4) is 0 Å². The van der Waals surface area contributed by atoms with Gasteiger partial charge < -0.3 is 4.74 Å². The number of ether oxygens (including phenoxy) is 1. The highest BCUT2D eigenvalue weighted by Crippen LogP contribution is 2.17. The molecule has 0 spiro atoms. The zero-order valence-corrected chi connectivity index (χ0v) is 13.0. The van der Waals surface area contributed by atoms with Crippen molar-refractivity contribution in [3.8, 4) is 5.75 Å². The van der Waals surface area contributed by atoms with Crippen LogP contribution in [0.4, 0.5) is 14.5 Å². The SMILES string of the molecule is C/C(=N/NC(=O)c1cccc([N+](=O)[O-])c1)c1cccc(OC(F)F)c1. The van der Waals surface area contributed by atoms with Crippen LogP contribution in [-0.4, -0.2) is 23.2 Å². The lowest BCUT2D eigenvalue weighted by Gasteiger charge is -2.07. The molecule has 2 aromatic carbocycles. The number of non-ortho nitro benzene ring substituents is 1. The maximum atomic E-state index is 12.2. The summed E-state index contributed by atoms with van der Waals surface area (Å²) < 4.78 is 28.7. The molecule has 2 aromatic rings. The van der Waals surface area contributed by atoms with Crippen LogP contribution in [0.15, 0.2) is 53.6 Å². The fraction of sp³-hybridized carbons (Fsp3) is 0.125. The molecule has 9 heteroatoms. The first-order chi connectivity index (χ1) is 11.9. The number of nitrogens with zero attached hydrogens (tertiary/aromatic N) is 2. The summed E-state index contributed by atoms with van der Waals surface area (Å²) in [7, 11) is 0. The highest BCUT2D eigenvalue weighted by molar-refractivity contribution is 6.01. The van der Waals surface area contributed by atoms with Gasteiger partial charge in [-0.2, -0.15) is 13.9 Å². The van der Waals surface area contributed by atoms with E-state index in [0.717, 1.165) is 6.07 Å². The Labute approximate surface area is 141 Å². The van der Waals surface area contributed by atoms with Crippen molar-refractivity contribution in [2.24, 2.45) is 5.10 Å². The first-order valence-corrected chi connectivity index (χ1v) is 7.01. The largest absolute Gasteiger partial charge is 0.435 e. The summed E-state index contributed by atoms with van der Waals surface area (Å²) in [4.78, 5) is 22.1. The number of nitro groups is 1. The molecule has 0 aliphatic carbocycles. The zero-order chi connectivity index (χ0) is 18.4. The lowest BCUT2D eigenvalue weighted by Crippen LogP contribution is -2.19. The Kier molecular flexibility index (Phi) is 5.72. The molecule has 0 unspecified atom stereocenters. The van der Waals surface area contributed by atoms with E-state index in [0.29, 0.717) is 11.3 Å². The number of hydrogen-bond acceptors (Lipinski definition) is 5. The molecule has 0 bridgehead atoms. The number of rotatable bonds is 6. The second-order valence-electron chi connectivity index (χ2n) is 4.85. The summed E-state index contributed by atoms with van der Waals surface area (Å²) >= 11 is 0. The second kappa shape index (κ2) is 7.95. The van der Waals surface area contributed by atoms with Crippen LogP contribution < -0.4 is 10.2 Å². The molecule has 0 aromatic heterocycles. The third-order valence-electron chi connectivity index (χ3n) is 3.12. The smallest absolute Gasteiger partial charge is 0.387 e. The number of carbonyl (C=O) groups excluding carboxylic acids is 1. The van der Waals surface area contributed by atoms with Crippen LogP contribution in [0, 0.1) is 10.1 Å². The molecule has 0 saturated heterocycles. The van der Waals surface area contributed by atoms with Gasteiger partial charge in [0.25, 0.3) is 11.6 Å². The van der Waals surface area contributed by atoms with Crippen molar-refractivity contribution in [1.29, 1.82) is 0 Å². The molecule has 0 fully saturated rings. The lowest BCUT2D eigenvalue weighted by molar-refractivity contribution is -0.384. The molecule has 0 atom stereocenters. The Hall–Kier alpha value is -3.36. The van der Waals surface area contributed by atoms with Gasteiger partial charge in [0.15, 0.2) is 0 Å². The normalized spacial score (nSPS) is 11.3. The van der Waals surface area contributed by atoms with Crippen LogP contribution in [0.2, 0.25) is 0 Å². The van der Waals surface area contributed by atoms with E-state index in [1.165, 1.54) is 36.4 Å². The van der Waals surface area contributed by atoms with Crippen molar-refractivity contribution in [2.45, 2.75) is 13.5 Å². The van der Waals surface area contributed by atoms with E-state index >= 15 is 0 Å². The van der Waals surface area contributed by atoms with Gasteiger partial charge in [-0.15, -0.1) is 0 Å². The van der Waals surface area contributed by atoms with Gasteiger partial charge in [0.05, 0.1) is 10.6 Å². The van der Waals surface area contributed by atoms with Gasteiger partial charge >= 0.3 is 6.61 Å². The van der Waals surface area contributed by atoms with Crippen molar-refractivity contribution in [1.82, 2.24) is 5.43 Å². The van der Waals surface area contributed by atoms with Gasteiger partial charge in [-0.05, 0) is 25.1 Å². The Balaban J connectivity index is 2.11. The average Bonchev–Trinajstić information content (AvgIpc) is 2.59. The summed E-state index contributed by atoms with van der Waals surface area (Å²) in [6.45, 7) is -1.38. The summed E-state index contributed by atoms with van der Waals surface area (Å²) in [6, 6.07) is 11.0. The summed E-state index contributed by atoms with van der Waals surface area (Å²) in [5, 5.41) is 14.6. The zero-order valence-electron chi connectivity index (χ0n) is 13.0. The minimum absolute atomic E-state index is 0.0351. The fourth-order valence-electron chi connectivity index (χ4n) is 1.92. The van der Waals surface area contributed by atoms with Crippen molar-refractivity contribution >= 4 is 17.3 Å². The number of nitrogens with one attached hydrogen (secondary N) is 1. The van der Waals surface area contributed by atoms with Crippen molar-refractivity contribution < 1.29 is 23.2 Å². The van der Waals surface area contributed by atoms with E-state index in [9.17, 15) is 23.7 Å². The third kappa shape index (κ3) is 5.06. The quantitative estimate of drug-likeness (QED) is 0.492. The summed E-state index contributed by atoms with van der Waals surface area (Å²) in [5.74, 6) is -0.671. The molecular formula is C16H13F2N3O4. The van der Waals surface area contributed by atoms with E-state index < -0.39 is 17.4 Å². The van der Waals surface area contributed by atoms with E-state index in [1.54, 1.807) is 13.0 Å². The van der Waals surface area contributed by atoms with Crippen molar-refractivity contribution in [3.05, 3.63) is 69.8 Å². The van der Waals surface area contributed by atoms with Crippen LogP contribution in [0.5, 0.6) is 5.75 Å². The molecule has 25 heavy (non-hydrogen) atoms. The molecule has 1 N–H and O–H groups in total. The monoisotopic (exact) mass is 349 g/mol. The molecule has 0 heterocycles. The molecule has 1 amide bonds. The van der Waals surface area contributed by atoms with Gasteiger partial charge in [0, 0.05) is 23.3 Å². The first kappa shape index (κ1) is 18.0. The van der Waals surface area contributed by atoms with Crippen molar-refractivity contribution in [2.75, 3.05) is 0 Å². The molecule has 130 valence electrons. The molecule has 0 aliphatic rings. The number of hydrogen-bond donors (Lipinski definition) is 1.